The maximum Gasteiger partial charge on any atom is 0.173 e. The SMILES string of the molecule is COCCN1CCC(c2cn3cc(-c4cc5c(C)nc(C)cn5n4)cc(F)c3n2)CC1. The summed E-state index contributed by atoms with van der Waals surface area (Å²) in [7, 11) is 1.73. The predicted octanol–water partition coefficient (Wildman–Crippen LogP) is 3.63. The van der Waals surface area contributed by atoms with Crippen molar-refractivity contribution in [3.05, 3.63) is 53.6 Å². The Bertz CT molecular complexity index is 1240. The molecular weight excluding hydrogens is 395 g/mol. The second-order valence-corrected chi connectivity index (χ2v) is 8.41. The first kappa shape index (κ1) is 20.1. The number of fused-ring (bicyclic) bond motifs is 2. The zero-order valence-electron chi connectivity index (χ0n) is 18.2. The second kappa shape index (κ2) is 8.01. The summed E-state index contributed by atoms with van der Waals surface area (Å²) in [6.07, 6.45) is 7.83. The van der Waals surface area contributed by atoms with E-state index in [1.165, 1.54) is 6.07 Å². The number of ether oxygens (including phenoxy) is 1. The summed E-state index contributed by atoms with van der Waals surface area (Å²) in [5.41, 5.74) is 5.51. The minimum absolute atomic E-state index is 0.329. The van der Waals surface area contributed by atoms with Crippen molar-refractivity contribution >= 4 is 11.2 Å². The van der Waals surface area contributed by atoms with Crippen molar-refractivity contribution in [3.63, 3.8) is 0 Å². The van der Waals surface area contributed by atoms with Crippen molar-refractivity contribution in [2.75, 3.05) is 33.4 Å². The maximum absolute atomic E-state index is 15.0. The molecular formula is C23H27FN6O. The second-order valence-electron chi connectivity index (χ2n) is 8.41. The van der Waals surface area contributed by atoms with Gasteiger partial charge in [-0.1, -0.05) is 0 Å². The molecule has 5 heterocycles. The number of pyridine rings is 1. The average molecular weight is 423 g/mol. The van der Waals surface area contributed by atoms with Crippen molar-refractivity contribution in [3.8, 4) is 11.3 Å². The first-order chi connectivity index (χ1) is 15.0. The summed E-state index contributed by atoms with van der Waals surface area (Å²) in [5.74, 6) is 0.0257. The Morgan fingerprint density at radius 1 is 1.10 bits per heavy atom. The van der Waals surface area contributed by atoms with Crippen LogP contribution in [0, 0.1) is 19.7 Å². The van der Waals surface area contributed by atoms with Crippen LogP contribution in [0.1, 0.15) is 35.8 Å². The Morgan fingerprint density at radius 2 is 1.90 bits per heavy atom. The zero-order chi connectivity index (χ0) is 21.5. The van der Waals surface area contributed by atoms with Crippen LogP contribution in [0.25, 0.3) is 22.4 Å². The molecule has 0 amide bonds. The number of likely N-dealkylation sites (tertiary alicyclic amines) is 1. The summed E-state index contributed by atoms with van der Waals surface area (Å²) in [4.78, 5) is 11.5. The monoisotopic (exact) mass is 422 g/mol. The molecule has 1 saturated heterocycles. The van der Waals surface area contributed by atoms with Crippen molar-refractivity contribution in [2.45, 2.75) is 32.6 Å². The number of halogens is 1. The highest BCUT2D eigenvalue weighted by molar-refractivity contribution is 5.68. The van der Waals surface area contributed by atoms with E-state index in [0.717, 1.165) is 72.9 Å². The number of rotatable bonds is 5. The van der Waals surface area contributed by atoms with Crippen LogP contribution >= 0.6 is 0 Å². The normalized spacial score (nSPS) is 16.0. The molecule has 8 heteroatoms. The molecule has 4 aromatic heterocycles. The van der Waals surface area contributed by atoms with Gasteiger partial charge in [-0.05, 0) is 51.9 Å². The van der Waals surface area contributed by atoms with Gasteiger partial charge in [0.2, 0.25) is 0 Å². The van der Waals surface area contributed by atoms with Crippen LogP contribution in [0.2, 0.25) is 0 Å². The fraction of sp³-hybridized carbons (Fsp3) is 0.435. The molecule has 31 heavy (non-hydrogen) atoms. The molecule has 0 radical (unpaired) electrons. The van der Waals surface area contributed by atoms with Gasteiger partial charge in [0, 0.05) is 37.5 Å². The van der Waals surface area contributed by atoms with Crippen LogP contribution in [-0.4, -0.2) is 62.2 Å². The highest BCUT2D eigenvalue weighted by Gasteiger charge is 2.23. The molecule has 0 N–H and O–H groups in total. The predicted molar refractivity (Wildman–Crippen MR) is 117 cm³/mol. The molecule has 7 nitrogen and oxygen atoms in total. The summed E-state index contributed by atoms with van der Waals surface area (Å²) in [5, 5.41) is 4.64. The standard InChI is InChI=1S/C23H27FN6O/c1-15-12-30-22(16(2)25-15)11-20(27-30)18-10-19(24)23-26-21(14-29(23)13-18)17-4-6-28(7-5-17)8-9-31-3/h10-14,17H,4-9H2,1-3H3. The summed E-state index contributed by atoms with van der Waals surface area (Å²) < 4.78 is 23.8. The van der Waals surface area contributed by atoms with Gasteiger partial charge < -0.3 is 14.0 Å². The van der Waals surface area contributed by atoms with Gasteiger partial charge in [0.1, 0.15) is 0 Å². The number of aromatic nitrogens is 5. The summed E-state index contributed by atoms with van der Waals surface area (Å²) in [6, 6.07) is 3.48. The molecule has 4 aromatic rings. The van der Waals surface area contributed by atoms with Crippen molar-refractivity contribution in [2.24, 2.45) is 0 Å². The lowest BCUT2D eigenvalue weighted by Gasteiger charge is -2.30. The third-order valence-corrected chi connectivity index (χ3v) is 6.20. The maximum atomic E-state index is 15.0. The summed E-state index contributed by atoms with van der Waals surface area (Å²) >= 11 is 0. The number of aryl methyl sites for hydroxylation is 2. The van der Waals surface area contributed by atoms with Gasteiger partial charge in [0.25, 0.3) is 0 Å². The lowest BCUT2D eigenvalue weighted by atomic mass is 9.94. The molecule has 1 aliphatic heterocycles. The Balaban J connectivity index is 1.43. The smallest absolute Gasteiger partial charge is 0.173 e. The molecule has 5 rings (SSSR count). The van der Waals surface area contributed by atoms with E-state index in [1.807, 2.05) is 43.0 Å². The molecule has 1 fully saturated rings. The first-order valence-corrected chi connectivity index (χ1v) is 10.8. The van der Waals surface area contributed by atoms with Crippen LogP contribution in [0.3, 0.4) is 0 Å². The molecule has 0 bridgehead atoms. The highest BCUT2D eigenvalue weighted by Crippen LogP contribution is 2.29. The number of methoxy groups -OCH3 is 1. The van der Waals surface area contributed by atoms with Gasteiger partial charge >= 0.3 is 0 Å². The molecule has 0 aliphatic carbocycles. The Morgan fingerprint density at radius 3 is 2.68 bits per heavy atom. The molecule has 0 saturated carbocycles. The van der Waals surface area contributed by atoms with Crippen LogP contribution in [-0.2, 0) is 4.74 Å². The zero-order valence-corrected chi connectivity index (χ0v) is 18.2. The van der Waals surface area contributed by atoms with Gasteiger partial charge in [0.05, 0.1) is 41.1 Å². The Hall–Kier alpha value is -2.84. The molecule has 0 spiro atoms. The lowest BCUT2D eigenvalue weighted by molar-refractivity contribution is 0.130. The first-order valence-electron chi connectivity index (χ1n) is 10.8. The van der Waals surface area contributed by atoms with Crippen LogP contribution in [0.15, 0.2) is 30.7 Å². The number of hydrogen-bond acceptors (Lipinski definition) is 5. The third-order valence-electron chi connectivity index (χ3n) is 6.20. The quantitative estimate of drug-likeness (QED) is 0.492. The molecule has 162 valence electrons. The van der Waals surface area contributed by atoms with E-state index < -0.39 is 0 Å². The van der Waals surface area contributed by atoms with Crippen molar-refractivity contribution < 1.29 is 9.13 Å². The van der Waals surface area contributed by atoms with E-state index in [9.17, 15) is 4.39 Å². The van der Waals surface area contributed by atoms with Gasteiger partial charge in [-0.25, -0.2) is 13.9 Å². The lowest BCUT2D eigenvalue weighted by Crippen LogP contribution is -2.35. The topological polar surface area (TPSA) is 60.0 Å². The largest absolute Gasteiger partial charge is 0.383 e. The number of nitrogens with zero attached hydrogens (tertiary/aromatic N) is 6. The highest BCUT2D eigenvalue weighted by atomic mass is 19.1. The summed E-state index contributed by atoms with van der Waals surface area (Å²) in [6.45, 7) is 7.65. The third kappa shape index (κ3) is 3.81. The average Bonchev–Trinajstić information content (AvgIpc) is 3.37. The fourth-order valence-electron chi connectivity index (χ4n) is 4.52. The van der Waals surface area contributed by atoms with E-state index in [4.69, 9.17) is 4.74 Å². The minimum atomic E-state index is -0.329. The van der Waals surface area contributed by atoms with Gasteiger partial charge in [-0.3, -0.25) is 4.98 Å². The number of hydrogen-bond donors (Lipinski definition) is 0. The van der Waals surface area contributed by atoms with E-state index in [-0.39, 0.29) is 5.82 Å². The van der Waals surface area contributed by atoms with Gasteiger partial charge in [-0.2, -0.15) is 5.10 Å². The molecule has 0 aromatic carbocycles. The van der Waals surface area contributed by atoms with Crippen molar-refractivity contribution in [1.82, 2.24) is 28.9 Å². The number of imidazole rings is 1. The van der Waals surface area contributed by atoms with Crippen LogP contribution in [0.5, 0.6) is 0 Å². The Kier molecular flexibility index (Phi) is 5.19. The fourth-order valence-corrected chi connectivity index (χ4v) is 4.52. The van der Waals surface area contributed by atoms with Gasteiger partial charge in [-0.15, -0.1) is 0 Å². The van der Waals surface area contributed by atoms with Gasteiger partial charge in [0.15, 0.2) is 11.5 Å². The van der Waals surface area contributed by atoms with E-state index >= 15 is 0 Å². The molecule has 1 aliphatic rings. The van der Waals surface area contributed by atoms with E-state index in [1.54, 1.807) is 11.5 Å². The van der Waals surface area contributed by atoms with E-state index in [0.29, 0.717) is 11.6 Å². The van der Waals surface area contributed by atoms with Crippen LogP contribution in [0.4, 0.5) is 4.39 Å². The van der Waals surface area contributed by atoms with Crippen LogP contribution < -0.4 is 0 Å². The van der Waals surface area contributed by atoms with E-state index in [2.05, 4.69) is 20.0 Å². The molecule has 0 atom stereocenters. The Labute approximate surface area is 180 Å². The number of piperidine rings is 1. The molecule has 0 unspecified atom stereocenters. The minimum Gasteiger partial charge on any atom is -0.383 e. The van der Waals surface area contributed by atoms with Crippen molar-refractivity contribution in [1.29, 1.82) is 0 Å².